The lowest BCUT2D eigenvalue weighted by molar-refractivity contribution is 0.523. The molecule has 1 aliphatic heterocycles. The van der Waals surface area contributed by atoms with Crippen molar-refractivity contribution in [3.63, 3.8) is 0 Å². The summed E-state index contributed by atoms with van der Waals surface area (Å²) in [6.45, 7) is 2.94. The molecule has 1 unspecified atom stereocenters. The summed E-state index contributed by atoms with van der Waals surface area (Å²) < 4.78 is 0. The second-order valence-electron chi connectivity index (χ2n) is 2.64. The molecule has 0 saturated heterocycles. The fourth-order valence-corrected chi connectivity index (χ4v) is 0.956. The molecule has 1 aliphatic rings. The van der Waals surface area contributed by atoms with Gasteiger partial charge < -0.3 is 5.73 Å². The number of nitrogens with zero attached hydrogens (tertiary/aromatic N) is 2. The van der Waals surface area contributed by atoms with Crippen molar-refractivity contribution in [1.82, 2.24) is 5.43 Å². The summed E-state index contributed by atoms with van der Waals surface area (Å²) in [6.07, 6.45) is 1.97. The molecule has 3 N–H and O–H groups in total. The maximum Gasteiger partial charge on any atom is 0.0933 e. The number of nitrogens with one attached hydrogen (secondary N) is 1. The van der Waals surface area contributed by atoms with Crippen molar-refractivity contribution in [2.45, 2.75) is 31.8 Å². The number of rotatable bonds is 3. The van der Waals surface area contributed by atoms with E-state index in [0.29, 0.717) is 6.04 Å². The SMILES string of the molecule is CC[C@@H](N)CC1CNN=N1. The Bertz CT molecular complexity index is 123. The minimum absolute atomic E-state index is 0.281. The summed E-state index contributed by atoms with van der Waals surface area (Å²) in [4.78, 5) is 0. The molecule has 0 spiro atoms. The molecule has 0 bridgehead atoms. The van der Waals surface area contributed by atoms with Gasteiger partial charge in [-0.25, -0.2) is 0 Å². The second kappa shape index (κ2) is 3.51. The van der Waals surface area contributed by atoms with E-state index in [2.05, 4.69) is 22.7 Å². The Kier molecular flexibility index (Phi) is 2.62. The van der Waals surface area contributed by atoms with Gasteiger partial charge in [0.1, 0.15) is 0 Å². The van der Waals surface area contributed by atoms with Crippen molar-refractivity contribution >= 4 is 0 Å². The van der Waals surface area contributed by atoms with Crippen LogP contribution < -0.4 is 11.2 Å². The Morgan fingerprint density at radius 3 is 3.10 bits per heavy atom. The minimum Gasteiger partial charge on any atom is -0.328 e. The van der Waals surface area contributed by atoms with Crippen LogP contribution in [0.4, 0.5) is 0 Å². The first-order valence-electron chi connectivity index (χ1n) is 3.71. The molecule has 10 heavy (non-hydrogen) atoms. The van der Waals surface area contributed by atoms with E-state index in [0.717, 1.165) is 19.4 Å². The van der Waals surface area contributed by atoms with Crippen LogP contribution in [0, 0.1) is 0 Å². The lowest BCUT2D eigenvalue weighted by Crippen LogP contribution is -2.26. The summed E-state index contributed by atoms with van der Waals surface area (Å²) in [6, 6.07) is 0.596. The third kappa shape index (κ3) is 1.95. The molecule has 58 valence electrons. The van der Waals surface area contributed by atoms with Gasteiger partial charge in [-0.2, -0.15) is 5.11 Å². The summed E-state index contributed by atoms with van der Waals surface area (Å²) in [7, 11) is 0. The molecule has 4 heteroatoms. The standard InChI is InChI=1S/C6H14N4/c1-2-5(7)3-6-4-8-10-9-6/h5-6H,2-4,7H2,1H3,(H,8,9)/t5-,6?/m1/s1. The predicted molar refractivity (Wildman–Crippen MR) is 39.5 cm³/mol. The van der Waals surface area contributed by atoms with Crippen LogP contribution in [0.15, 0.2) is 10.3 Å². The summed E-state index contributed by atoms with van der Waals surface area (Å²) >= 11 is 0. The molecule has 0 aromatic carbocycles. The molecule has 0 aromatic heterocycles. The lowest BCUT2D eigenvalue weighted by atomic mass is 10.1. The van der Waals surface area contributed by atoms with E-state index in [9.17, 15) is 0 Å². The van der Waals surface area contributed by atoms with Gasteiger partial charge in [0.25, 0.3) is 0 Å². The second-order valence-corrected chi connectivity index (χ2v) is 2.64. The number of nitrogens with two attached hydrogens (primary N) is 1. The van der Waals surface area contributed by atoms with Crippen molar-refractivity contribution in [3.05, 3.63) is 0 Å². The van der Waals surface area contributed by atoms with E-state index < -0.39 is 0 Å². The van der Waals surface area contributed by atoms with Crippen LogP contribution in [0.3, 0.4) is 0 Å². The average molecular weight is 142 g/mol. The van der Waals surface area contributed by atoms with Crippen molar-refractivity contribution in [1.29, 1.82) is 0 Å². The summed E-state index contributed by atoms with van der Waals surface area (Å²) in [5, 5.41) is 7.63. The molecule has 1 heterocycles. The van der Waals surface area contributed by atoms with Gasteiger partial charge in [-0.1, -0.05) is 12.1 Å². The van der Waals surface area contributed by atoms with Crippen LogP contribution in [0.2, 0.25) is 0 Å². The van der Waals surface area contributed by atoms with Gasteiger partial charge in [0.15, 0.2) is 0 Å². The smallest absolute Gasteiger partial charge is 0.0933 e. The first kappa shape index (κ1) is 7.47. The van der Waals surface area contributed by atoms with Gasteiger partial charge in [0, 0.05) is 6.04 Å². The fourth-order valence-electron chi connectivity index (χ4n) is 0.956. The van der Waals surface area contributed by atoms with E-state index in [1.54, 1.807) is 0 Å². The zero-order valence-corrected chi connectivity index (χ0v) is 6.25. The van der Waals surface area contributed by atoms with Crippen molar-refractivity contribution < 1.29 is 0 Å². The Hall–Kier alpha value is -0.640. The maximum absolute atomic E-state index is 5.72. The molecule has 0 saturated carbocycles. The molecular weight excluding hydrogens is 128 g/mol. The van der Waals surface area contributed by atoms with Gasteiger partial charge in [0.05, 0.1) is 12.6 Å². The largest absolute Gasteiger partial charge is 0.328 e. The molecule has 2 atom stereocenters. The highest BCUT2D eigenvalue weighted by atomic mass is 15.5. The normalized spacial score (nSPS) is 26.4. The molecule has 0 aliphatic carbocycles. The van der Waals surface area contributed by atoms with E-state index in [-0.39, 0.29) is 6.04 Å². The van der Waals surface area contributed by atoms with Gasteiger partial charge in [-0.05, 0) is 12.8 Å². The van der Waals surface area contributed by atoms with Crippen molar-refractivity contribution in [3.8, 4) is 0 Å². The van der Waals surface area contributed by atoms with Crippen LogP contribution >= 0.6 is 0 Å². The number of hydrogen-bond acceptors (Lipinski definition) is 4. The van der Waals surface area contributed by atoms with E-state index in [4.69, 9.17) is 5.73 Å². The molecule has 0 fully saturated rings. The van der Waals surface area contributed by atoms with Crippen LogP contribution in [0.1, 0.15) is 19.8 Å². The predicted octanol–water partition coefficient (Wildman–Crippen LogP) is 0.453. The lowest BCUT2D eigenvalue weighted by Gasteiger charge is -2.09. The summed E-state index contributed by atoms with van der Waals surface area (Å²) in [5.41, 5.74) is 8.53. The Morgan fingerprint density at radius 1 is 1.80 bits per heavy atom. The molecule has 0 amide bonds. The Labute approximate surface area is 60.9 Å². The van der Waals surface area contributed by atoms with Crippen molar-refractivity contribution in [2.24, 2.45) is 16.1 Å². The zero-order chi connectivity index (χ0) is 7.40. The monoisotopic (exact) mass is 142 g/mol. The van der Waals surface area contributed by atoms with E-state index >= 15 is 0 Å². The van der Waals surface area contributed by atoms with Crippen LogP contribution in [0.5, 0.6) is 0 Å². The van der Waals surface area contributed by atoms with E-state index in [1.807, 2.05) is 0 Å². The molecule has 4 nitrogen and oxygen atoms in total. The van der Waals surface area contributed by atoms with Gasteiger partial charge in [0.2, 0.25) is 0 Å². The highest BCUT2D eigenvalue weighted by Crippen LogP contribution is 2.06. The van der Waals surface area contributed by atoms with Gasteiger partial charge in [-0.3, -0.25) is 5.43 Å². The average Bonchev–Trinajstić information content (AvgIpc) is 2.40. The quantitative estimate of drug-likeness (QED) is 0.601. The molecule has 1 rings (SSSR count). The van der Waals surface area contributed by atoms with E-state index in [1.165, 1.54) is 0 Å². The fraction of sp³-hybridized carbons (Fsp3) is 1.00. The summed E-state index contributed by atoms with van der Waals surface area (Å²) in [5.74, 6) is 0. The third-order valence-electron chi connectivity index (χ3n) is 1.72. The highest BCUT2D eigenvalue weighted by Gasteiger charge is 2.14. The Morgan fingerprint density at radius 2 is 2.60 bits per heavy atom. The third-order valence-corrected chi connectivity index (χ3v) is 1.72. The van der Waals surface area contributed by atoms with Gasteiger partial charge in [-0.15, -0.1) is 0 Å². The Balaban J connectivity index is 2.18. The maximum atomic E-state index is 5.72. The minimum atomic E-state index is 0.281. The topological polar surface area (TPSA) is 62.8 Å². The first-order chi connectivity index (χ1) is 4.83. The molecular formula is C6H14N4. The van der Waals surface area contributed by atoms with Crippen LogP contribution in [0.25, 0.3) is 0 Å². The van der Waals surface area contributed by atoms with Gasteiger partial charge >= 0.3 is 0 Å². The zero-order valence-electron chi connectivity index (χ0n) is 6.25. The van der Waals surface area contributed by atoms with Crippen LogP contribution in [-0.4, -0.2) is 18.6 Å². The van der Waals surface area contributed by atoms with Crippen molar-refractivity contribution in [2.75, 3.05) is 6.54 Å². The number of hydrogen-bond donors (Lipinski definition) is 2. The van der Waals surface area contributed by atoms with Crippen LogP contribution in [-0.2, 0) is 0 Å². The highest BCUT2D eigenvalue weighted by molar-refractivity contribution is 4.75. The molecule has 0 aromatic rings. The first-order valence-corrected chi connectivity index (χ1v) is 3.71. The molecule has 0 radical (unpaired) electrons.